The lowest BCUT2D eigenvalue weighted by Gasteiger charge is -2.42. The molecule has 4 atom stereocenters. The van der Waals surface area contributed by atoms with Gasteiger partial charge in [-0.3, -0.25) is 0 Å². The van der Waals surface area contributed by atoms with Gasteiger partial charge in [-0.25, -0.2) is 0 Å². The van der Waals surface area contributed by atoms with Gasteiger partial charge in [0.15, 0.2) is 6.29 Å². The summed E-state index contributed by atoms with van der Waals surface area (Å²) < 4.78 is 10.4. The fourth-order valence-corrected chi connectivity index (χ4v) is 3.84. The van der Waals surface area contributed by atoms with Gasteiger partial charge in [-0.1, -0.05) is 6.42 Å². The monoisotopic (exact) mass is 229 g/mol. The number of rotatable bonds is 5. The van der Waals surface area contributed by atoms with Crippen molar-refractivity contribution in [2.45, 2.75) is 38.1 Å². The lowest BCUT2D eigenvalue weighted by atomic mass is 9.69. The first-order valence-corrected chi connectivity index (χ1v) is 6.11. The molecule has 2 aliphatic rings. The third kappa shape index (κ3) is 1.68. The third-order valence-electron chi connectivity index (χ3n) is 4.71. The summed E-state index contributed by atoms with van der Waals surface area (Å²) in [5.74, 6) is 1.29. The molecule has 0 aromatic rings. The normalized spacial score (nSPS) is 39.6. The lowest BCUT2D eigenvalue weighted by molar-refractivity contribution is -0.205. The molecule has 4 unspecified atom stereocenters. The highest BCUT2D eigenvalue weighted by molar-refractivity contribution is 5.05. The number of aliphatic hydroxyl groups excluding tert-OH is 1. The molecule has 0 spiro atoms. The molecular weight excluding hydrogens is 206 g/mol. The quantitative estimate of drug-likeness (QED) is 0.682. The highest BCUT2D eigenvalue weighted by Crippen LogP contribution is 2.57. The Kier molecular flexibility index (Phi) is 3.54. The fourth-order valence-electron chi connectivity index (χ4n) is 3.84. The number of fused-ring (bicyclic) bond motifs is 2. The summed E-state index contributed by atoms with van der Waals surface area (Å²) in [7, 11) is 3.13. The molecule has 2 aliphatic carbocycles. The number of nitrogens with two attached hydrogens (primary N) is 1. The molecule has 0 heterocycles. The third-order valence-corrected chi connectivity index (χ3v) is 4.71. The van der Waals surface area contributed by atoms with E-state index in [-0.39, 0.29) is 5.41 Å². The van der Waals surface area contributed by atoms with Crippen LogP contribution in [-0.2, 0) is 9.47 Å². The number of aliphatic hydroxyl groups is 1. The molecule has 0 saturated heterocycles. The summed E-state index contributed by atoms with van der Waals surface area (Å²) in [6.07, 6.45) is 3.57. The van der Waals surface area contributed by atoms with Gasteiger partial charge in [0.1, 0.15) is 6.10 Å². The predicted molar refractivity (Wildman–Crippen MR) is 60.7 cm³/mol. The predicted octanol–water partition coefficient (Wildman–Crippen LogP) is 0.731. The molecule has 0 aromatic carbocycles. The minimum Gasteiger partial charge on any atom is -0.387 e. The van der Waals surface area contributed by atoms with Crippen LogP contribution >= 0.6 is 0 Å². The fraction of sp³-hybridized carbons (Fsp3) is 1.00. The van der Waals surface area contributed by atoms with Crippen LogP contribution in [0.2, 0.25) is 0 Å². The average Bonchev–Trinajstić information content (AvgIpc) is 2.90. The molecule has 0 aromatic heterocycles. The van der Waals surface area contributed by atoms with Crippen LogP contribution in [0, 0.1) is 17.3 Å². The summed E-state index contributed by atoms with van der Waals surface area (Å²) in [5.41, 5.74) is 5.75. The van der Waals surface area contributed by atoms with Crippen LogP contribution in [0.15, 0.2) is 0 Å². The van der Waals surface area contributed by atoms with E-state index in [0.717, 1.165) is 12.3 Å². The van der Waals surface area contributed by atoms with E-state index in [9.17, 15) is 5.11 Å². The zero-order valence-corrected chi connectivity index (χ0v) is 10.2. The first-order chi connectivity index (χ1) is 7.67. The van der Waals surface area contributed by atoms with Crippen molar-refractivity contribution in [3.63, 3.8) is 0 Å². The molecule has 4 nitrogen and oxygen atoms in total. The van der Waals surface area contributed by atoms with Crippen molar-refractivity contribution < 1.29 is 14.6 Å². The van der Waals surface area contributed by atoms with Gasteiger partial charge in [0, 0.05) is 26.2 Å². The van der Waals surface area contributed by atoms with Gasteiger partial charge in [0.25, 0.3) is 0 Å². The van der Waals surface area contributed by atoms with Crippen molar-refractivity contribution in [1.82, 2.24) is 0 Å². The van der Waals surface area contributed by atoms with E-state index >= 15 is 0 Å². The Balaban J connectivity index is 2.15. The molecule has 0 aliphatic heterocycles. The van der Waals surface area contributed by atoms with Gasteiger partial charge in [0.05, 0.1) is 0 Å². The highest BCUT2D eigenvalue weighted by Gasteiger charge is 2.55. The van der Waals surface area contributed by atoms with Crippen LogP contribution in [0.5, 0.6) is 0 Å². The summed E-state index contributed by atoms with van der Waals surface area (Å²) in [5, 5.41) is 10.5. The Hall–Kier alpha value is -0.160. The van der Waals surface area contributed by atoms with Crippen molar-refractivity contribution >= 4 is 0 Å². The van der Waals surface area contributed by atoms with E-state index in [1.54, 1.807) is 14.2 Å². The summed E-state index contributed by atoms with van der Waals surface area (Å²) in [6.45, 7) is 0.526. The standard InChI is InChI=1S/C12H23NO3/c1-15-11(16-2)10(14)12(7-13)6-8-3-4-9(12)5-8/h8-11,14H,3-7,13H2,1-2H3. The second kappa shape index (κ2) is 4.61. The first-order valence-electron chi connectivity index (χ1n) is 6.11. The molecule has 0 radical (unpaired) electrons. The number of methoxy groups -OCH3 is 2. The van der Waals surface area contributed by atoms with E-state index in [0.29, 0.717) is 12.5 Å². The van der Waals surface area contributed by atoms with E-state index in [1.165, 1.54) is 19.3 Å². The molecule has 3 N–H and O–H groups in total. The van der Waals surface area contributed by atoms with Gasteiger partial charge < -0.3 is 20.3 Å². The Morgan fingerprint density at radius 1 is 1.38 bits per heavy atom. The maximum Gasteiger partial charge on any atom is 0.183 e. The topological polar surface area (TPSA) is 64.7 Å². The van der Waals surface area contributed by atoms with Crippen molar-refractivity contribution in [3.8, 4) is 0 Å². The van der Waals surface area contributed by atoms with Crippen molar-refractivity contribution in [2.75, 3.05) is 20.8 Å². The second-order valence-electron chi connectivity index (χ2n) is 5.30. The molecule has 2 fully saturated rings. The Morgan fingerprint density at radius 2 is 2.06 bits per heavy atom. The van der Waals surface area contributed by atoms with E-state index in [2.05, 4.69) is 0 Å². The molecule has 16 heavy (non-hydrogen) atoms. The minimum absolute atomic E-state index is 0.181. The zero-order chi connectivity index (χ0) is 11.8. The molecule has 4 heteroatoms. The average molecular weight is 229 g/mol. The number of ether oxygens (including phenoxy) is 2. The van der Waals surface area contributed by atoms with E-state index < -0.39 is 12.4 Å². The SMILES string of the molecule is COC(OC)C(O)C1(CN)CC2CCC1C2. The van der Waals surface area contributed by atoms with Crippen molar-refractivity contribution in [1.29, 1.82) is 0 Å². The van der Waals surface area contributed by atoms with Crippen molar-refractivity contribution in [2.24, 2.45) is 23.0 Å². The smallest absolute Gasteiger partial charge is 0.183 e. The summed E-state index contributed by atoms with van der Waals surface area (Å²) in [6, 6.07) is 0. The van der Waals surface area contributed by atoms with Crippen LogP contribution in [0.25, 0.3) is 0 Å². The largest absolute Gasteiger partial charge is 0.387 e. The lowest BCUT2D eigenvalue weighted by Crippen LogP contribution is -2.52. The second-order valence-corrected chi connectivity index (χ2v) is 5.30. The molecule has 2 bridgehead atoms. The van der Waals surface area contributed by atoms with Gasteiger partial charge in [-0.15, -0.1) is 0 Å². The van der Waals surface area contributed by atoms with Crippen LogP contribution in [0.1, 0.15) is 25.7 Å². The minimum atomic E-state index is -0.609. The van der Waals surface area contributed by atoms with Gasteiger partial charge in [-0.2, -0.15) is 0 Å². The van der Waals surface area contributed by atoms with Gasteiger partial charge in [0.2, 0.25) is 0 Å². The van der Waals surface area contributed by atoms with E-state index in [1.807, 2.05) is 0 Å². The maximum absolute atomic E-state index is 10.5. The summed E-state index contributed by atoms with van der Waals surface area (Å²) in [4.78, 5) is 0. The maximum atomic E-state index is 10.5. The highest BCUT2D eigenvalue weighted by atomic mass is 16.7. The Labute approximate surface area is 97.1 Å². The van der Waals surface area contributed by atoms with Crippen molar-refractivity contribution in [3.05, 3.63) is 0 Å². The van der Waals surface area contributed by atoms with Crippen LogP contribution < -0.4 is 5.73 Å². The Morgan fingerprint density at radius 3 is 2.44 bits per heavy atom. The van der Waals surface area contributed by atoms with Crippen LogP contribution in [0.3, 0.4) is 0 Å². The number of hydrogen-bond donors (Lipinski definition) is 2. The molecule has 2 rings (SSSR count). The van der Waals surface area contributed by atoms with Crippen LogP contribution in [-0.4, -0.2) is 38.3 Å². The molecule has 0 amide bonds. The Bertz CT molecular complexity index is 244. The van der Waals surface area contributed by atoms with E-state index in [4.69, 9.17) is 15.2 Å². The summed E-state index contributed by atoms with van der Waals surface area (Å²) >= 11 is 0. The molecular formula is C12H23NO3. The zero-order valence-electron chi connectivity index (χ0n) is 10.2. The van der Waals surface area contributed by atoms with Crippen LogP contribution in [0.4, 0.5) is 0 Å². The molecule has 2 saturated carbocycles. The number of hydrogen-bond acceptors (Lipinski definition) is 4. The first kappa shape index (κ1) is 12.3. The van der Waals surface area contributed by atoms with Gasteiger partial charge >= 0.3 is 0 Å². The molecule has 94 valence electrons. The van der Waals surface area contributed by atoms with Gasteiger partial charge in [-0.05, 0) is 31.1 Å².